The Bertz CT molecular complexity index is 471. The lowest BCUT2D eigenvalue weighted by Crippen LogP contribution is -2.09. The molecule has 17 heavy (non-hydrogen) atoms. The molecule has 4 nitrogen and oxygen atoms in total. The van der Waals surface area contributed by atoms with Crippen molar-refractivity contribution in [3.63, 3.8) is 0 Å². The van der Waals surface area contributed by atoms with Crippen LogP contribution in [0.25, 0.3) is 0 Å². The van der Waals surface area contributed by atoms with Crippen LogP contribution in [0.5, 0.6) is 5.75 Å². The van der Waals surface area contributed by atoms with E-state index >= 15 is 0 Å². The molecule has 0 saturated carbocycles. The summed E-state index contributed by atoms with van der Waals surface area (Å²) in [7, 11) is 0. The van der Waals surface area contributed by atoms with Gasteiger partial charge < -0.3 is 15.0 Å². The highest BCUT2D eigenvalue weighted by Crippen LogP contribution is 2.19. The van der Waals surface area contributed by atoms with Crippen molar-refractivity contribution in [1.82, 2.24) is 9.55 Å². The Morgan fingerprint density at radius 2 is 2.29 bits per heavy atom. The Labute approximate surface area is 98.8 Å². The number of rotatable bonds is 5. The number of nitrogens with two attached hydrogens (primary N) is 1. The van der Waals surface area contributed by atoms with Gasteiger partial charge in [0.1, 0.15) is 18.2 Å². The van der Waals surface area contributed by atoms with Gasteiger partial charge in [0.05, 0.1) is 12.9 Å². The van der Waals surface area contributed by atoms with Crippen LogP contribution in [0.3, 0.4) is 0 Å². The van der Waals surface area contributed by atoms with Crippen molar-refractivity contribution in [1.29, 1.82) is 0 Å². The van der Waals surface area contributed by atoms with Crippen molar-refractivity contribution in [2.24, 2.45) is 5.73 Å². The van der Waals surface area contributed by atoms with Gasteiger partial charge in [-0.2, -0.15) is 0 Å². The van der Waals surface area contributed by atoms with Crippen LogP contribution in [0, 0.1) is 5.82 Å². The van der Waals surface area contributed by atoms with E-state index in [0.717, 1.165) is 0 Å². The van der Waals surface area contributed by atoms with Gasteiger partial charge in [-0.05, 0) is 18.2 Å². The van der Waals surface area contributed by atoms with Crippen molar-refractivity contribution in [2.75, 3.05) is 6.61 Å². The van der Waals surface area contributed by atoms with Crippen molar-refractivity contribution < 1.29 is 9.13 Å². The molecule has 0 bridgehead atoms. The first kappa shape index (κ1) is 11.6. The lowest BCUT2D eigenvalue weighted by Gasteiger charge is -2.10. The van der Waals surface area contributed by atoms with Gasteiger partial charge in [0.2, 0.25) is 0 Å². The third-order valence-corrected chi connectivity index (χ3v) is 2.41. The van der Waals surface area contributed by atoms with Crippen molar-refractivity contribution >= 4 is 0 Å². The van der Waals surface area contributed by atoms with Crippen molar-refractivity contribution in [2.45, 2.75) is 13.1 Å². The van der Waals surface area contributed by atoms with Gasteiger partial charge in [0, 0.05) is 24.5 Å². The Morgan fingerprint density at radius 1 is 1.41 bits per heavy atom. The predicted molar refractivity (Wildman–Crippen MR) is 62.0 cm³/mol. The molecular formula is C12H14FN3O. The van der Waals surface area contributed by atoms with Gasteiger partial charge in [0.25, 0.3) is 0 Å². The Kier molecular flexibility index (Phi) is 3.72. The number of halogens is 1. The Hall–Kier alpha value is -1.88. The molecule has 0 unspecified atom stereocenters. The van der Waals surface area contributed by atoms with Gasteiger partial charge in [-0.15, -0.1) is 0 Å². The first-order chi connectivity index (χ1) is 8.29. The van der Waals surface area contributed by atoms with Crippen LogP contribution in [0.1, 0.15) is 5.56 Å². The van der Waals surface area contributed by atoms with E-state index in [2.05, 4.69) is 4.98 Å². The van der Waals surface area contributed by atoms with Crippen LogP contribution < -0.4 is 10.5 Å². The second kappa shape index (κ2) is 5.45. The highest BCUT2D eigenvalue weighted by molar-refractivity contribution is 5.33. The smallest absolute Gasteiger partial charge is 0.124 e. The molecule has 0 aliphatic rings. The second-order valence-electron chi connectivity index (χ2n) is 3.61. The fourth-order valence-corrected chi connectivity index (χ4v) is 1.53. The summed E-state index contributed by atoms with van der Waals surface area (Å²) in [5.41, 5.74) is 6.20. The molecule has 2 rings (SSSR count). The van der Waals surface area contributed by atoms with Crippen LogP contribution in [0.4, 0.5) is 4.39 Å². The largest absolute Gasteiger partial charge is 0.491 e. The molecule has 2 aromatic rings. The van der Waals surface area contributed by atoms with E-state index in [1.165, 1.54) is 12.1 Å². The van der Waals surface area contributed by atoms with Crippen LogP contribution >= 0.6 is 0 Å². The van der Waals surface area contributed by atoms with E-state index in [-0.39, 0.29) is 12.4 Å². The summed E-state index contributed by atoms with van der Waals surface area (Å²) >= 11 is 0. The number of nitrogens with zero attached hydrogens (tertiary/aromatic N) is 2. The molecule has 0 atom stereocenters. The fourth-order valence-electron chi connectivity index (χ4n) is 1.53. The molecule has 0 spiro atoms. The number of ether oxygens (including phenoxy) is 1. The molecule has 0 saturated heterocycles. The SMILES string of the molecule is NCc1cc(F)ccc1OCCn1ccnc1. The Morgan fingerprint density at radius 3 is 3.00 bits per heavy atom. The van der Waals surface area contributed by atoms with E-state index in [0.29, 0.717) is 24.5 Å². The van der Waals surface area contributed by atoms with Gasteiger partial charge in [-0.25, -0.2) is 9.37 Å². The zero-order chi connectivity index (χ0) is 12.1. The van der Waals surface area contributed by atoms with Crippen molar-refractivity contribution in [3.8, 4) is 5.75 Å². The van der Waals surface area contributed by atoms with E-state index in [9.17, 15) is 4.39 Å². The third kappa shape index (κ3) is 3.04. The van der Waals surface area contributed by atoms with Crippen LogP contribution in [0.2, 0.25) is 0 Å². The minimum atomic E-state index is -0.299. The average molecular weight is 235 g/mol. The Balaban J connectivity index is 1.94. The molecule has 5 heteroatoms. The summed E-state index contributed by atoms with van der Waals surface area (Å²) in [6.07, 6.45) is 5.29. The lowest BCUT2D eigenvalue weighted by atomic mass is 10.2. The van der Waals surface area contributed by atoms with Gasteiger partial charge >= 0.3 is 0 Å². The standard InChI is InChI=1S/C12H14FN3O/c13-11-1-2-12(10(7-11)8-14)17-6-5-16-4-3-15-9-16/h1-4,7,9H,5-6,8,14H2. The monoisotopic (exact) mass is 235 g/mol. The van der Waals surface area contributed by atoms with Gasteiger partial charge in [0.15, 0.2) is 0 Å². The molecule has 0 fully saturated rings. The minimum absolute atomic E-state index is 0.262. The average Bonchev–Trinajstić information content (AvgIpc) is 2.84. The molecular weight excluding hydrogens is 221 g/mol. The second-order valence-corrected chi connectivity index (χ2v) is 3.61. The number of hydrogen-bond donors (Lipinski definition) is 1. The van der Waals surface area contributed by atoms with E-state index in [1.54, 1.807) is 18.6 Å². The lowest BCUT2D eigenvalue weighted by molar-refractivity contribution is 0.295. The molecule has 0 amide bonds. The first-order valence-electron chi connectivity index (χ1n) is 5.36. The quantitative estimate of drug-likeness (QED) is 0.855. The van der Waals surface area contributed by atoms with E-state index < -0.39 is 0 Å². The first-order valence-corrected chi connectivity index (χ1v) is 5.36. The zero-order valence-electron chi connectivity index (χ0n) is 9.34. The number of aromatic nitrogens is 2. The molecule has 1 aromatic heterocycles. The molecule has 0 aliphatic carbocycles. The molecule has 2 N–H and O–H groups in total. The highest BCUT2D eigenvalue weighted by Gasteiger charge is 2.03. The summed E-state index contributed by atoms with van der Waals surface area (Å²) in [6.45, 7) is 1.45. The summed E-state index contributed by atoms with van der Waals surface area (Å²) in [4.78, 5) is 3.93. The molecule has 1 heterocycles. The van der Waals surface area contributed by atoms with E-state index in [1.807, 2.05) is 10.8 Å². The van der Waals surface area contributed by atoms with Crippen LogP contribution in [-0.2, 0) is 13.1 Å². The minimum Gasteiger partial charge on any atom is -0.491 e. The maximum absolute atomic E-state index is 13.0. The van der Waals surface area contributed by atoms with Crippen molar-refractivity contribution in [3.05, 3.63) is 48.3 Å². The highest BCUT2D eigenvalue weighted by atomic mass is 19.1. The summed E-state index contributed by atoms with van der Waals surface area (Å²) < 4.78 is 20.4. The topological polar surface area (TPSA) is 53.1 Å². The normalized spacial score (nSPS) is 10.5. The molecule has 0 radical (unpaired) electrons. The van der Waals surface area contributed by atoms with Crippen LogP contribution in [0.15, 0.2) is 36.9 Å². The fraction of sp³-hybridized carbons (Fsp3) is 0.250. The molecule has 0 aliphatic heterocycles. The number of hydrogen-bond acceptors (Lipinski definition) is 3. The summed E-state index contributed by atoms with van der Waals surface area (Å²) in [6, 6.07) is 4.36. The summed E-state index contributed by atoms with van der Waals surface area (Å²) in [5.74, 6) is 0.335. The molecule has 90 valence electrons. The van der Waals surface area contributed by atoms with Gasteiger partial charge in [-0.1, -0.05) is 0 Å². The molecule has 1 aromatic carbocycles. The van der Waals surface area contributed by atoms with Crippen LogP contribution in [-0.4, -0.2) is 16.2 Å². The van der Waals surface area contributed by atoms with E-state index in [4.69, 9.17) is 10.5 Å². The number of imidazole rings is 1. The maximum atomic E-state index is 13.0. The maximum Gasteiger partial charge on any atom is 0.124 e. The van der Waals surface area contributed by atoms with Gasteiger partial charge in [-0.3, -0.25) is 0 Å². The zero-order valence-corrected chi connectivity index (χ0v) is 9.34. The number of benzene rings is 1. The predicted octanol–water partition coefficient (Wildman–Crippen LogP) is 1.56. The summed E-state index contributed by atoms with van der Waals surface area (Å²) in [5, 5.41) is 0. The third-order valence-electron chi connectivity index (χ3n) is 2.41.